The summed E-state index contributed by atoms with van der Waals surface area (Å²) in [6.45, 7) is 2.03. The molecule has 0 spiro atoms. The molecule has 1 heterocycles. The lowest BCUT2D eigenvalue weighted by atomic mass is 10.1. The molecule has 1 aromatic rings. The van der Waals surface area contributed by atoms with Gasteiger partial charge in [-0.15, -0.1) is 12.3 Å². The van der Waals surface area contributed by atoms with E-state index in [1.165, 1.54) is 12.3 Å². The number of halogens is 1. The molecule has 0 bridgehead atoms. The van der Waals surface area contributed by atoms with Crippen LogP contribution in [0.5, 0.6) is 0 Å². The van der Waals surface area contributed by atoms with Crippen molar-refractivity contribution in [3.05, 3.63) is 24.3 Å². The molecule has 0 aliphatic carbocycles. The molecule has 0 fully saturated rings. The lowest BCUT2D eigenvalue weighted by Gasteiger charge is -2.15. The number of nitrogens with one attached hydrogen (secondary N) is 1. The van der Waals surface area contributed by atoms with Gasteiger partial charge in [-0.2, -0.15) is 4.39 Å². The molecule has 0 saturated carbocycles. The van der Waals surface area contributed by atoms with Crippen molar-refractivity contribution in [2.24, 2.45) is 0 Å². The first-order valence-electron chi connectivity index (χ1n) is 4.57. The van der Waals surface area contributed by atoms with E-state index in [4.69, 9.17) is 6.42 Å². The summed E-state index contributed by atoms with van der Waals surface area (Å²) in [6, 6.07) is 3.28. The van der Waals surface area contributed by atoms with Crippen LogP contribution < -0.4 is 5.32 Å². The molecule has 0 saturated heterocycles. The minimum absolute atomic E-state index is 0.196. The fourth-order valence-electron chi connectivity index (χ4n) is 1.17. The van der Waals surface area contributed by atoms with Crippen LogP contribution in [0.25, 0.3) is 0 Å². The van der Waals surface area contributed by atoms with E-state index < -0.39 is 5.95 Å². The van der Waals surface area contributed by atoms with Gasteiger partial charge in [-0.25, -0.2) is 4.98 Å². The van der Waals surface area contributed by atoms with Gasteiger partial charge in [-0.1, -0.05) is 6.92 Å². The second-order valence-corrected chi connectivity index (χ2v) is 3.02. The van der Waals surface area contributed by atoms with E-state index in [0.717, 1.165) is 12.1 Å². The number of terminal acetylenes is 1. The lowest BCUT2D eigenvalue weighted by molar-refractivity contribution is 0.583. The molecular formula is C11H13FN2. The molecular weight excluding hydrogens is 179 g/mol. The van der Waals surface area contributed by atoms with Gasteiger partial charge in [0.2, 0.25) is 5.95 Å². The molecule has 74 valence electrons. The Bertz CT molecular complexity index is 330. The maximum Gasteiger partial charge on any atom is 0.214 e. The maximum atomic E-state index is 12.7. The molecule has 0 radical (unpaired) electrons. The van der Waals surface area contributed by atoms with Crippen LogP contribution in [0, 0.1) is 18.3 Å². The summed E-state index contributed by atoms with van der Waals surface area (Å²) in [5.41, 5.74) is 0.722. The zero-order valence-corrected chi connectivity index (χ0v) is 8.13. The van der Waals surface area contributed by atoms with Gasteiger partial charge in [0.05, 0.1) is 0 Å². The molecule has 2 nitrogen and oxygen atoms in total. The van der Waals surface area contributed by atoms with Crippen molar-refractivity contribution < 1.29 is 4.39 Å². The van der Waals surface area contributed by atoms with E-state index in [2.05, 4.69) is 16.2 Å². The lowest BCUT2D eigenvalue weighted by Crippen LogP contribution is -2.17. The van der Waals surface area contributed by atoms with Crippen LogP contribution in [-0.2, 0) is 0 Å². The summed E-state index contributed by atoms with van der Waals surface area (Å²) < 4.78 is 12.7. The molecule has 1 unspecified atom stereocenters. The monoisotopic (exact) mass is 192 g/mol. The Balaban J connectivity index is 2.63. The number of pyridine rings is 1. The Labute approximate surface area is 83.6 Å². The molecule has 1 aromatic heterocycles. The molecule has 14 heavy (non-hydrogen) atoms. The molecule has 0 aliphatic rings. The maximum absolute atomic E-state index is 12.7. The van der Waals surface area contributed by atoms with Crippen molar-refractivity contribution in [2.45, 2.75) is 25.8 Å². The first kappa shape index (κ1) is 10.5. The smallest absolute Gasteiger partial charge is 0.214 e. The minimum atomic E-state index is -0.481. The number of rotatable bonds is 4. The predicted molar refractivity (Wildman–Crippen MR) is 55.3 cm³/mol. The average Bonchev–Trinajstić information content (AvgIpc) is 2.17. The largest absolute Gasteiger partial charge is 0.381 e. The number of aromatic nitrogens is 1. The van der Waals surface area contributed by atoms with Gasteiger partial charge in [0.15, 0.2) is 0 Å². The van der Waals surface area contributed by atoms with Crippen LogP contribution in [-0.4, -0.2) is 11.0 Å². The van der Waals surface area contributed by atoms with E-state index in [-0.39, 0.29) is 6.04 Å². The fourth-order valence-corrected chi connectivity index (χ4v) is 1.17. The predicted octanol–water partition coefficient (Wildman–Crippen LogP) is 2.43. The highest BCUT2D eigenvalue weighted by molar-refractivity contribution is 5.42. The van der Waals surface area contributed by atoms with Crippen molar-refractivity contribution in [1.29, 1.82) is 0 Å². The third-order valence-corrected chi connectivity index (χ3v) is 1.95. The summed E-state index contributed by atoms with van der Waals surface area (Å²) >= 11 is 0. The highest BCUT2D eigenvalue weighted by Gasteiger charge is 2.04. The van der Waals surface area contributed by atoms with Crippen molar-refractivity contribution in [3.8, 4) is 12.3 Å². The van der Waals surface area contributed by atoms with Crippen LogP contribution in [0.3, 0.4) is 0 Å². The molecule has 1 atom stereocenters. The molecule has 3 heteroatoms. The van der Waals surface area contributed by atoms with E-state index >= 15 is 0 Å². The second-order valence-electron chi connectivity index (χ2n) is 3.02. The number of hydrogen-bond donors (Lipinski definition) is 1. The number of anilines is 1. The van der Waals surface area contributed by atoms with Gasteiger partial charge in [0.25, 0.3) is 0 Å². The standard InChI is InChI=1S/C11H13FN2/c1-3-5-9(4-2)14-10-6-7-13-11(12)8-10/h1,6-9H,4-5H2,2H3,(H,13,14). The van der Waals surface area contributed by atoms with Crippen molar-refractivity contribution in [3.63, 3.8) is 0 Å². The van der Waals surface area contributed by atoms with E-state index in [1.807, 2.05) is 6.92 Å². The van der Waals surface area contributed by atoms with Gasteiger partial charge in [0, 0.05) is 30.4 Å². The van der Waals surface area contributed by atoms with Gasteiger partial charge in [0.1, 0.15) is 0 Å². The summed E-state index contributed by atoms with van der Waals surface area (Å²) in [5.74, 6) is 2.10. The molecule has 0 amide bonds. The fraction of sp³-hybridized carbons (Fsp3) is 0.364. The van der Waals surface area contributed by atoms with Gasteiger partial charge >= 0.3 is 0 Å². The van der Waals surface area contributed by atoms with Crippen LogP contribution in [0.15, 0.2) is 18.3 Å². The Morgan fingerprint density at radius 3 is 3.07 bits per heavy atom. The highest BCUT2D eigenvalue weighted by Crippen LogP contribution is 2.11. The zero-order valence-electron chi connectivity index (χ0n) is 8.13. The molecule has 1 N–H and O–H groups in total. The normalized spacial score (nSPS) is 11.8. The van der Waals surface area contributed by atoms with Gasteiger partial charge in [-0.3, -0.25) is 0 Å². The zero-order chi connectivity index (χ0) is 10.4. The summed E-state index contributed by atoms with van der Waals surface area (Å²) in [4.78, 5) is 3.47. The summed E-state index contributed by atoms with van der Waals surface area (Å²) in [7, 11) is 0. The van der Waals surface area contributed by atoms with E-state index in [1.54, 1.807) is 6.07 Å². The SMILES string of the molecule is C#CCC(CC)Nc1ccnc(F)c1. The number of nitrogens with zero attached hydrogens (tertiary/aromatic N) is 1. The third kappa shape index (κ3) is 3.06. The summed E-state index contributed by atoms with van der Waals surface area (Å²) in [5, 5.41) is 3.15. The third-order valence-electron chi connectivity index (χ3n) is 1.95. The Morgan fingerprint density at radius 2 is 2.50 bits per heavy atom. The van der Waals surface area contributed by atoms with E-state index in [0.29, 0.717) is 6.42 Å². The first-order valence-corrected chi connectivity index (χ1v) is 4.57. The van der Waals surface area contributed by atoms with Gasteiger partial charge < -0.3 is 5.32 Å². The van der Waals surface area contributed by atoms with Crippen molar-refractivity contribution >= 4 is 5.69 Å². The molecule has 0 aliphatic heterocycles. The van der Waals surface area contributed by atoms with Crippen LogP contribution in [0.1, 0.15) is 19.8 Å². The highest BCUT2D eigenvalue weighted by atomic mass is 19.1. The topological polar surface area (TPSA) is 24.9 Å². The molecule has 1 rings (SSSR count). The van der Waals surface area contributed by atoms with Crippen LogP contribution in [0.2, 0.25) is 0 Å². The Hall–Kier alpha value is -1.56. The minimum Gasteiger partial charge on any atom is -0.381 e. The van der Waals surface area contributed by atoms with Crippen LogP contribution in [0.4, 0.5) is 10.1 Å². The van der Waals surface area contributed by atoms with Crippen LogP contribution >= 0.6 is 0 Å². The summed E-state index contributed by atoms with van der Waals surface area (Å²) in [6.07, 6.45) is 8.19. The second kappa shape index (κ2) is 5.23. The van der Waals surface area contributed by atoms with Gasteiger partial charge in [-0.05, 0) is 12.5 Å². The first-order chi connectivity index (χ1) is 6.76. The number of hydrogen-bond acceptors (Lipinski definition) is 2. The van der Waals surface area contributed by atoms with Crippen molar-refractivity contribution in [2.75, 3.05) is 5.32 Å². The van der Waals surface area contributed by atoms with E-state index in [9.17, 15) is 4.39 Å². The Morgan fingerprint density at radius 1 is 1.71 bits per heavy atom. The average molecular weight is 192 g/mol. The Kier molecular flexibility index (Phi) is 3.93. The van der Waals surface area contributed by atoms with Crippen molar-refractivity contribution in [1.82, 2.24) is 4.98 Å². The quantitative estimate of drug-likeness (QED) is 0.585. The molecule has 0 aromatic carbocycles.